The summed E-state index contributed by atoms with van der Waals surface area (Å²) in [6, 6.07) is 3.90. The van der Waals surface area contributed by atoms with E-state index in [0.717, 1.165) is 17.7 Å². The van der Waals surface area contributed by atoms with Gasteiger partial charge in [0.25, 0.3) is 0 Å². The van der Waals surface area contributed by atoms with Crippen LogP contribution in [0.15, 0.2) is 17.5 Å². The molecule has 0 saturated carbocycles. The van der Waals surface area contributed by atoms with Gasteiger partial charge in [-0.25, -0.2) is 4.98 Å². The van der Waals surface area contributed by atoms with Crippen molar-refractivity contribution in [2.75, 3.05) is 11.1 Å². The zero-order valence-corrected chi connectivity index (χ0v) is 17.6. The Morgan fingerprint density at radius 3 is 2.78 bits per heavy atom. The standard InChI is InChI=1S/C20H23N3O2S2/c1-11-7-13(3)14(8-12(11)2)15-9-26-19(21-15)22-18(25)16-10-27-20(4)6-5-17(24)23(16)20/h7-9,16H,5-6,10H2,1-4H3,(H,21,22,25)/t16-,20-/m1/s1. The topological polar surface area (TPSA) is 62.3 Å². The number of benzene rings is 1. The molecule has 5 nitrogen and oxygen atoms in total. The van der Waals surface area contributed by atoms with Crippen molar-refractivity contribution in [3.8, 4) is 11.3 Å². The van der Waals surface area contributed by atoms with E-state index in [4.69, 9.17) is 0 Å². The zero-order valence-electron chi connectivity index (χ0n) is 16.0. The highest BCUT2D eigenvalue weighted by atomic mass is 32.2. The van der Waals surface area contributed by atoms with Crippen molar-refractivity contribution in [3.63, 3.8) is 0 Å². The molecule has 1 N–H and O–H groups in total. The lowest BCUT2D eigenvalue weighted by Gasteiger charge is -2.29. The van der Waals surface area contributed by atoms with E-state index in [2.05, 4.69) is 50.1 Å². The lowest BCUT2D eigenvalue weighted by atomic mass is 9.99. The van der Waals surface area contributed by atoms with E-state index in [9.17, 15) is 9.59 Å². The van der Waals surface area contributed by atoms with Crippen LogP contribution >= 0.6 is 23.1 Å². The summed E-state index contributed by atoms with van der Waals surface area (Å²) in [4.78, 5) is 31.2. The number of carbonyl (C=O) groups is 2. The molecule has 1 aromatic carbocycles. The van der Waals surface area contributed by atoms with Crippen LogP contribution in [0.25, 0.3) is 11.3 Å². The van der Waals surface area contributed by atoms with Gasteiger partial charge in [0.2, 0.25) is 11.8 Å². The Balaban J connectivity index is 1.53. The number of hydrogen-bond donors (Lipinski definition) is 1. The first-order chi connectivity index (χ1) is 12.8. The van der Waals surface area contributed by atoms with Crippen LogP contribution in [0.2, 0.25) is 0 Å². The van der Waals surface area contributed by atoms with Crippen LogP contribution in [-0.2, 0) is 9.59 Å². The number of anilines is 1. The van der Waals surface area contributed by atoms with E-state index in [1.165, 1.54) is 28.0 Å². The third kappa shape index (κ3) is 3.17. The summed E-state index contributed by atoms with van der Waals surface area (Å²) >= 11 is 3.12. The van der Waals surface area contributed by atoms with Gasteiger partial charge >= 0.3 is 0 Å². The number of nitrogens with one attached hydrogen (secondary N) is 1. The maximum atomic E-state index is 12.8. The summed E-state index contributed by atoms with van der Waals surface area (Å²) in [5, 5.41) is 5.49. The fourth-order valence-electron chi connectivity index (χ4n) is 3.89. The highest BCUT2D eigenvalue weighted by Crippen LogP contribution is 2.47. The first-order valence-electron chi connectivity index (χ1n) is 9.09. The second-order valence-electron chi connectivity index (χ2n) is 7.54. The Morgan fingerprint density at radius 1 is 1.26 bits per heavy atom. The van der Waals surface area contributed by atoms with Gasteiger partial charge in [-0.3, -0.25) is 9.59 Å². The van der Waals surface area contributed by atoms with Gasteiger partial charge in [-0.05, 0) is 56.9 Å². The molecule has 1 aromatic heterocycles. The van der Waals surface area contributed by atoms with Crippen molar-refractivity contribution in [2.45, 2.75) is 51.4 Å². The number of fused-ring (bicyclic) bond motifs is 1. The highest BCUT2D eigenvalue weighted by molar-refractivity contribution is 8.01. The van der Waals surface area contributed by atoms with Crippen LogP contribution < -0.4 is 5.32 Å². The van der Waals surface area contributed by atoms with Gasteiger partial charge in [0.15, 0.2) is 5.13 Å². The van der Waals surface area contributed by atoms with E-state index in [-0.39, 0.29) is 16.7 Å². The van der Waals surface area contributed by atoms with Crippen molar-refractivity contribution in [3.05, 3.63) is 34.2 Å². The molecule has 2 aromatic rings. The van der Waals surface area contributed by atoms with Crippen molar-refractivity contribution >= 4 is 40.0 Å². The van der Waals surface area contributed by atoms with E-state index in [1.807, 2.05) is 5.38 Å². The molecule has 0 radical (unpaired) electrons. The molecule has 0 unspecified atom stereocenters. The molecule has 2 saturated heterocycles. The minimum atomic E-state index is -0.411. The fourth-order valence-corrected chi connectivity index (χ4v) is 6.04. The number of nitrogens with zero attached hydrogens (tertiary/aromatic N) is 2. The minimum absolute atomic E-state index is 0.0771. The van der Waals surface area contributed by atoms with Crippen LogP contribution in [0.1, 0.15) is 36.5 Å². The molecule has 2 amide bonds. The van der Waals surface area contributed by atoms with Crippen LogP contribution in [0, 0.1) is 20.8 Å². The number of hydrogen-bond acceptors (Lipinski definition) is 5. The number of thioether (sulfide) groups is 1. The molecule has 2 atom stereocenters. The van der Waals surface area contributed by atoms with Crippen LogP contribution in [-0.4, -0.2) is 38.4 Å². The first kappa shape index (κ1) is 18.5. The lowest BCUT2D eigenvalue weighted by molar-refractivity contribution is -0.135. The summed E-state index contributed by atoms with van der Waals surface area (Å²) < 4.78 is 0. The maximum absolute atomic E-state index is 12.8. The molecule has 0 aliphatic carbocycles. The van der Waals surface area contributed by atoms with Crippen molar-refractivity contribution in [1.82, 2.24) is 9.88 Å². The summed E-state index contributed by atoms with van der Waals surface area (Å²) in [5.41, 5.74) is 5.63. The van der Waals surface area contributed by atoms with E-state index in [1.54, 1.807) is 16.7 Å². The quantitative estimate of drug-likeness (QED) is 0.840. The smallest absolute Gasteiger partial charge is 0.249 e. The van der Waals surface area contributed by atoms with Gasteiger partial charge in [0.05, 0.1) is 10.6 Å². The maximum Gasteiger partial charge on any atom is 0.249 e. The molecule has 142 valence electrons. The first-order valence-corrected chi connectivity index (χ1v) is 11.0. The molecule has 0 bridgehead atoms. The molecule has 7 heteroatoms. The van der Waals surface area contributed by atoms with Crippen molar-refractivity contribution < 1.29 is 9.59 Å². The normalized spacial score (nSPS) is 24.4. The third-order valence-electron chi connectivity index (χ3n) is 5.60. The Kier molecular flexibility index (Phi) is 4.55. The molecule has 2 fully saturated rings. The second kappa shape index (κ2) is 6.63. The van der Waals surface area contributed by atoms with Gasteiger partial charge < -0.3 is 10.2 Å². The molecule has 0 spiro atoms. The number of carbonyl (C=O) groups excluding carboxylic acids is 2. The number of rotatable bonds is 3. The molecule has 2 aliphatic rings. The monoisotopic (exact) mass is 401 g/mol. The van der Waals surface area contributed by atoms with Crippen LogP contribution in [0.4, 0.5) is 5.13 Å². The van der Waals surface area contributed by atoms with Crippen LogP contribution in [0.3, 0.4) is 0 Å². The van der Waals surface area contributed by atoms with Gasteiger partial charge in [0.1, 0.15) is 6.04 Å². The third-order valence-corrected chi connectivity index (χ3v) is 7.86. The number of aryl methyl sites for hydroxylation is 3. The number of thiazole rings is 1. The largest absolute Gasteiger partial charge is 0.315 e. The summed E-state index contributed by atoms with van der Waals surface area (Å²) in [6.45, 7) is 8.33. The average molecular weight is 402 g/mol. The molecular weight excluding hydrogens is 378 g/mol. The number of amides is 2. The Morgan fingerprint density at radius 2 is 2.00 bits per heavy atom. The highest BCUT2D eigenvalue weighted by Gasteiger charge is 2.52. The second-order valence-corrected chi connectivity index (χ2v) is 9.90. The molecule has 2 aliphatic heterocycles. The van der Waals surface area contributed by atoms with Gasteiger partial charge in [-0.1, -0.05) is 6.07 Å². The molecule has 27 heavy (non-hydrogen) atoms. The van der Waals surface area contributed by atoms with E-state index in [0.29, 0.717) is 17.3 Å². The van der Waals surface area contributed by atoms with Crippen LogP contribution in [0.5, 0.6) is 0 Å². The van der Waals surface area contributed by atoms with Crippen molar-refractivity contribution in [1.29, 1.82) is 0 Å². The van der Waals surface area contributed by atoms with Gasteiger partial charge in [0, 0.05) is 23.1 Å². The summed E-state index contributed by atoms with van der Waals surface area (Å²) in [5.74, 6) is 0.579. The predicted molar refractivity (Wildman–Crippen MR) is 111 cm³/mol. The molecular formula is C20H23N3O2S2. The SMILES string of the molecule is Cc1cc(C)c(-c2csc(NC(=O)[C@H]3CS[C@]4(C)CCC(=O)N34)n2)cc1C. The molecule has 3 heterocycles. The fraction of sp³-hybridized carbons (Fsp3) is 0.450. The number of aromatic nitrogens is 1. The van der Waals surface area contributed by atoms with Crippen molar-refractivity contribution in [2.24, 2.45) is 0 Å². The predicted octanol–water partition coefficient (Wildman–Crippen LogP) is 4.13. The van der Waals surface area contributed by atoms with E-state index >= 15 is 0 Å². The average Bonchev–Trinajstić information content (AvgIpc) is 3.27. The lowest BCUT2D eigenvalue weighted by Crippen LogP contribution is -2.48. The van der Waals surface area contributed by atoms with E-state index < -0.39 is 6.04 Å². The van der Waals surface area contributed by atoms with Gasteiger partial charge in [-0.2, -0.15) is 0 Å². The molecule has 4 rings (SSSR count). The summed E-state index contributed by atoms with van der Waals surface area (Å²) in [7, 11) is 0. The summed E-state index contributed by atoms with van der Waals surface area (Å²) in [6.07, 6.45) is 1.34. The minimum Gasteiger partial charge on any atom is -0.315 e. The van der Waals surface area contributed by atoms with Gasteiger partial charge in [-0.15, -0.1) is 23.1 Å². The Labute approximate surface area is 167 Å². The Hall–Kier alpha value is -1.86. The Bertz CT molecular complexity index is 939. The zero-order chi connectivity index (χ0) is 19.3.